The summed E-state index contributed by atoms with van der Waals surface area (Å²) >= 11 is -3.93. The first kappa shape index (κ1) is 29.9. The van der Waals surface area contributed by atoms with Crippen LogP contribution in [0.4, 0.5) is 0 Å². The summed E-state index contributed by atoms with van der Waals surface area (Å²) in [5, 5.41) is 0. The fourth-order valence-corrected chi connectivity index (χ4v) is 32.7. The molecule has 0 aromatic heterocycles. The van der Waals surface area contributed by atoms with E-state index >= 15 is 0 Å². The molecule has 3 aromatic rings. The van der Waals surface area contributed by atoms with Crippen molar-refractivity contribution in [2.24, 2.45) is 11.8 Å². The van der Waals surface area contributed by atoms with Gasteiger partial charge < -0.3 is 0 Å². The van der Waals surface area contributed by atoms with Gasteiger partial charge in [0.25, 0.3) is 0 Å². The van der Waals surface area contributed by atoms with Crippen molar-refractivity contribution < 1.29 is 17.4 Å². The molecule has 0 radical (unpaired) electrons. The maximum atomic E-state index is 2.71. The zero-order valence-electron chi connectivity index (χ0n) is 22.5. The molecular weight excluding hydrogens is 587 g/mol. The Hall–Kier alpha value is -1.70. The molecular formula is C33H38Cl2SiZr. The van der Waals surface area contributed by atoms with Gasteiger partial charge in [0.2, 0.25) is 0 Å². The normalized spacial score (nSPS) is 19.7. The topological polar surface area (TPSA) is 0 Å². The fraction of sp³-hybridized carbons (Fsp3) is 0.212. The van der Waals surface area contributed by atoms with Crippen LogP contribution in [-0.4, -0.2) is 6.88 Å². The number of hydrogen-bond acceptors (Lipinski definition) is 0. The van der Waals surface area contributed by atoms with Crippen LogP contribution in [0.2, 0.25) is 4.63 Å². The molecule has 0 heterocycles. The van der Waals surface area contributed by atoms with Gasteiger partial charge in [-0.25, -0.2) is 0 Å². The molecule has 37 heavy (non-hydrogen) atoms. The van der Waals surface area contributed by atoms with Crippen molar-refractivity contribution in [3.05, 3.63) is 132 Å². The van der Waals surface area contributed by atoms with Gasteiger partial charge in [0.05, 0.1) is 0 Å². The standard InChI is InChI=1S/2C13H13.C6H5.CH3.2ClH.H2Si.Zr/c2*1-10-8-11(2)13(9-10)12-6-4-3-5-7-12;1-2-4-6-5-3-1;;;;;/h2*3-7,9-10H,1-2H3;1-5H;1H3;2*1H;1H2;. The largest absolute Gasteiger partial charge is 0.147 e. The van der Waals surface area contributed by atoms with Crippen LogP contribution in [0.5, 0.6) is 0 Å². The van der Waals surface area contributed by atoms with Crippen LogP contribution in [-0.2, 0) is 17.4 Å². The summed E-state index contributed by atoms with van der Waals surface area (Å²) in [6.45, 7) is 12.1. The van der Waals surface area contributed by atoms with Crippen molar-refractivity contribution >= 4 is 46.1 Å². The van der Waals surface area contributed by atoms with E-state index in [2.05, 4.69) is 142 Å². The molecule has 0 saturated carbocycles. The minimum absolute atomic E-state index is 0. The van der Waals surface area contributed by atoms with Gasteiger partial charge in [0.1, 0.15) is 0 Å². The van der Waals surface area contributed by atoms with Crippen LogP contribution in [0.25, 0.3) is 11.1 Å². The van der Waals surface area contributed by atoms with Crippen LogP contribution < -0.4 is 3.27 Å². The Morgan fingerprint density at radius 1 is 0.568 bits per heavy atom. The number of rotatable bonds is 5. The van der Waals surface area contributed by atoms with Gasteiger partial charge in [-0.1, -0.05) is 0 Å². The molecule has 0 N–H and O–H groups in total. The van der Waals surface area contributed by atoms with E-state index < -0.39 is 17.4 Å². The van der Waals surface area contributed by atoms with Gasteiger partial charge in [-0.05, 0) is 0 Å². The van der Waals surface area contributed by atoms with Crippen LogP contribution in [0.1, 0.15) is 38.8 Å². The molecule has 0 amide bonds. The van der Waals surface area contributed by atoms with Gasteiger partial charge in [0.15, 0.2) is 0 Å². The van der Waals surface area contributed by atoms with Gasteiger partial charge in [-0.3, -0.25) is 0 Å². The van der Waals surface area contributed by atoms with Crippen molar-refractivity contribution in [1.82, 2.24) is 0 Å². The molecule has 0 bridgehead atoms. The number of allylic oxidation sites excluding steroid dienone is 8. The minimum Gasteiger partial charge on any atom is -0.147 e. The zero-order chi connectivity index (χ0) is 24.8. The Balaban J connectivity index is 0.00000190. The van der Waals surface area contributed by atoms with E-state index in [9.17, 15) is 0 Å². The van der Waals surface area contributed by atoms with E-state index in [-0.39, 0.29) is 24.8 Å². The van der Waals surface area contributed by atoms with E-state index in [0.717, 1.165) is 0 Å². The molecule has 4 heteroatoms. The quantitative estimate of drug-likeness (QED) is 0.250. The second kappa shape index (κ2) is 11.2. The third-order valence-corrected chi connectivity index (χ3v) is 31.4. The molecule has 2 aliphatic carbocycles. The second-order valence-electron chi connectivity index (χ2n) is 10.9. The molecule has 0 saturated heterocycles. The van der Waals surface area contributed by atoms with Crippen molar-refractivity contribution in [3.8, 4) is 0 Å². The third-order valence-electron chi connectivity index (χ3n) is 8.54. The molecule has 192 valence electrons. The van der Waals surface area contributed by atoms with Crippen LogP contribution in [0.15, 0.2) is 121 Å². The molecule has 0 fully saturated rings. The molecule has 5 rings (SSSR count). The Labute approximate surface area is 238 Å². The number of hydrogen-bond donors (Lipinski definition) is 0. The van der Waals surface area contributed by atoms with E-state index in [1.807, 2.05) is 0 Å². The monoisotopic (exact) mass is 622 g/mol. The Kier molecular flexibility index (Phi) is 9.03. The number of benzene rings is 3. The van der Waals surface area contributed by atoms with Crippen molar-refractivity contribution in [2.75, 3.05) is 0 Å². The first-order chi connectivity index (χ1) is 16.7. The van der Waals surface area contributed by atoms with Gasteiger partial charge in [0, 0.05) is 0 Å². The molecule has 2 aliphatic rings. The van der Waals surface area contributed by atoms with E-state index in [0.29, 0.717) is 11.8 Å². The average molecular weight is 625 g/mol. The first-order valence-electron chi connectivity index (χ1n) is 12.8. The SMILES string of the molecule is CC1=[C]([Zr]([CH3])(=[SiH2])([C]2=C(C)C(c3ccccc3)=CC2C)[c]2ccccc2)C(C)C=C1c1ccccc1.Cl.Cl. The summed E-state index contributed by atoms with van der Waals surface area (Å²) in [6.07, 6.45) is 5.07. The Morgan fingerprint density at radius 3 is 1.24 bits per heavy atom. The summed E-state index contributed by atoms with van der Waals surface area (Å²) in [7, 11) is 0. The molecule has 0 nitrogen and oxygen atoms in total. The van der Waals surface area contributed by atoms with Crippen molar-refractivity contribution in [1.29, 1.82) is 0 Å². The van der Waals surface area contributed by atoms with Crippen LogP contribution in [0, 0.1) is 11.8 Å². The Bertz CT molecular complexity index is 1390. The van der Waals surface area contributed by atoms with Crippen LogP contribution >= 0.6 is 24.8 Å². The maximum Gasteiger partial charge on any atom is -0.147 e. The predicted molar refractivity (Wildman–Crippen MR) is 168 cm³/mol. The maximum absolute atomic E-state index is 3.93. The third kappa shape index (κ3) is 4.80. The first-order valence-corrected chi connectivity index (χ1v) is 24.9. The zero-order valence-corrected chi connectivity index (χ0v) is 28.0. The summed E-state index contributed by atoms with van der Waals surface area (Å²) in [6, 6.07) is 33.5. The minimum atomic E-state index is -3.93. The Morgan fingerprint density at radius 2 is 0.892 bits per heavy atom. The van der Waals surface area contributed by atoms with E-state index in [4.69, 9.17) is 0 Å². The van der Waals surface area contributed by atoms with Crippen LogP contribution in [0.3, 0.4) is 0 Å². The van der Waals surface area contributed by atoms with Gasteiger partial charge >= 0.3 is 215 Å². The number of halogens is 2. The molecule has 3 aromatic carbocycles. The molecule has 2 unspecified atom stereocenters. The summed E-state index contributed by atoms with van der Waals surface area (Å²) in [4.78, 5) is 0. The second-order valence-corrected chi connectivity index (χ2v) is 35.3. The molecule has 0 aliphatic heterocycles. The van der Waals surface area contributed by atoms with E-state index in [1.54, 1.807) is 9.83 Å². The van der Waals surface area contributed by atoms with E-state index in [1.165, 1.54) is 33.4 Å². The van der Waals surface area contributed by atoms with Crippen molar-refractivity contribution in [3.63, 3.8) is 0 Å². The predicted octanol–water partition coefficient (Wildman–Crippen LogP) is 8.46. The summed E-state index contributed by atoms with van der Waals surface area (Å²) in [5.41, 5.74) is 8.56. The summed E-state index contributed by atoms with van der Waals surface area (Å²) < 4.78 is 7.76. The fourth-order valence-electron chi connectivity index (χ4n) is 7.34. The molecule has 0 spiro atoms. The van der Waals surface area contributed by atoms with Gasteiger partial charge in [-0.2, -0.15) is 0 Å². The summed E-state index contributed by atoms with van der Waals surface area (Å²) in [5.74, 6) is 0.874. The molecule has 2 atom stereocenters. The average Bonchev–Trinajstić information content (AvgIpc) is 3.36. The smallest absolute Gasteiger partial charge is 0.147 e. The van der Waals surface area contributed by atoms with Crippen molar-refractivity contribution in [2.45, 2.75) is 32.3 Å². The van der Waals surface area contributed by atoms with Gasteiger partial charge in [-0.15, -0.1) is 24.8 Å².